The maximum absolute atomic E-state index is 6.26. The van der Waals surface area contributed by atoms with Gasteiger partial charge in [0.1, 0.15) is 10.8 Å². The molecular formula is C14H14ClN3S. The van der Waals surface area contributed by atoms with E-state index >= 15 is 0 Å². The summed E-state index contributed by atoms with van der Waals surface area (Å²) in [6.45, 7) is 4.75. The minimum atomic E-state index is -0.118. The normalized spacial score (nSPS) is 13.0. The second-order valence-corrected chi connectivity index (χ2v) is 6.22. The minimum Gasteiger partial charge on any atom is -0.320 e. The van der Waals surface area contributed by atoms with Gasteiger partial charge in [-0.15, -0.1) is 22.9 Å². The molecule has 0 saturated carbocycles. The molecule has 3 nitrogen and oxygen atoms in total. The van der Waals surface area contributed by atoms with Crippen molar-refractivity contribution in [2.45, 2.75) is 25.8 Å². The van der Waals surface area contributed by atoms with Crippen LogP contribution in [0.4, 0.5) is 0 Å². The highest BCUT2D eigenvalue weighted by molar-refractivity contribution is 7.09. The number of alkyl halides is 1. The summed E-state index contributed by atoms with van der Waals surface area (Å²) in [5.41, 5.74) is 3.32. The lowest BCUT2D eigenvalue weighted by atomic mass is 10.2. The number of hydrogen-bond acceptors (Lipinski definition) is 3. The van der Waals surface area contributed by atoms with Crippen LogP contribution in [0.1, 0.15) is 28.7 Å². The molecule has 2 heterocycles. The lowest BCUT2D eigenvalue weighted by Gasteiger charge is -2.08. The first kappa shape index (κ1) is 12.6. The van der Waals surface area contributed by atoms with Gasteiger partial charge in [0.2, 0.25) is 0 Å². The maximum atomic E-state index is 6.26. The average Bonchev–Trinajstić information content (AvgIpc) is 2.97. The average molecular weight is 292 g/mol. The molecule has 0 radical (unpaired) electrons. The fraction of sp³-hybridized carbons (Fsp3) is 0.286. The standard InChI is InChI=1S/C14H14ClN3S/c1-9-3-4-12-11(7-9)17-14(10(2)15)18(12)8-13-16-5-6-19-13/h3-7,10H,8H2,1-2H3. The van der Waals surface area contributed by atoms with E-state index in [2.05, 4.69) is 39.7 Å². The van der Waals surface area contributed by atoms with E-state index in [1.807, 2.05) is 18.5 Å². The Morgan fingerprint density at radius 3 is 2.95 bits per heavy atom. The topological polar surface area (TPSA) is 30.7 Å². The van der Waals surface area contributed by atoms with Crippen molar-refractivity contribution in [3.8, 4) is 0 Å². The van der Waals surface area contributed by atoms with Crippen LogP contribution in [-0.4, -0.2) is 14.5 Å². The van der Waals surface area contributed by atoms with Crippen molar-refractivity contribution in [3.63, 3.8) is 0 Å². The second kappa shape index (κ2) is 4.94. The summed E-state index contributed by atoms with van der Waals surface area (Å²) in [5.74, 6) is 0.900. The molecule has 0 N–H and O–H groups in total. The molecule has 0 bridgehead atoms. The monoisotopic (exact) mass is 291 g/mol. The molecule has 1 unspecified atom stereocenters. The highest BCUT2D eigenvalue weighted by Gasteiger charge is 2.15. The Hall–Kier alpha value is -1.39. The van der Waals surface area contributed by atoms with Gasteiger partial charge < -0.3 is 4.57 Å². The van der Waals surface area contributed by atoms with E-state index in [9.17, 15) is 0 Å². The van der Waals surface area contributed by atoms with Gasteiger partial charge in [-0.25, -0.2) is 9.97 Å². The summed E-state index contributed by atoms with van der Waals surface area (Å²) in [7, 11) is 0. The van der Waals surface area contributed by atoms with Crippen molar-refractivity contribution < 1.29 is 0 Å². The van der Waals surface area contributed by atoms with Gasteiger partial charge in [-0.3, -0.25) is 0 Å². The third kappa shape index (κ3) is 2.38. The molecule has 98 valence electrons. The summed E-state index contributed by atoms with van der Waals surface area (Å²) >= 11 is 7.91. The quantitative estimate of drug-likeness (QED) is 0.679. The summed E-state index contributed by atoms with van der Waals surface area (Å²) in [6.07, 6.45) is 1.83. The highest BCUT2D eigenvalue weighted by Crippen LogP contribution is 2.26. The molecule has 0 aliphatic carbocycles. The first-order valence-corrected chi connectivity index (χ1v) is 7.46. The number of fused-ring (bicyclic) bond motifs is 1. The number of aromatic nitrogens is 3. The van der Waals surface area contributed by atoms with Crippen LogP contribution >= 0.6 is 22.9 Å². The number of rotatable bonds is 3. The number of halogens is 1. The first-order valence-electron chi connectivity index (χ1n) is 6.14. The Balaban J connectivity index is 2.16. The number of thiazole rings is 1. The molecular weight excluding hydrogens is 278 g/mol. The number of nitrogens with zero attached hydrogens (tertiary/aromatic N) is 3. The van der Waals surface area contributed by atoms with Crippen LogP contribution in [0.2, 0.25) is 0 Å². The highest BCUT2D eigenvalue weighted by atomic mass is 35.5. The molecule has 19 heavy (non-hydrogen) atoms. The molecule has 3 aromatic rings. The summed E-state index contributed by atoms with van der Waals surface area (Å²) in [5, 5.41) is 2.94. The van der Waals surface area contributed by atoms with Crippen molar-refractivity contribution >= 4 is 34.0 Å². The third-order valence-corrected chi connectivity index (χ3v) is 4.03. The zero-order chi connectivity index (χ0) is 13.4. The van der Waals surface area contributed by atoms with E-state index in [-0.39, 0.29) is 5.38 Å². The van der Waals surface area contributed by atoms with Gasteiger partial charge in [0.15, 0.2) is 0 Å². The predicted octanol–water partition coefficient (Wildman–Crippen LogP) is 4.15. The van der Waals surface area contributed by atoms with E-state index in [0.29, 0.717) is 0 Å². The summed E-state index contributed by atoms with van der Waals surface area (Å²) in [6, 6.07) is 6.30. The Morgan fingerprint density at radius 2 is 2.26 bits per heavy atom. The van der Waals surface area contributed by atoms with E-state index in [4.69, 9.17) is 11.6 Å². The number of aryl methyl sites for hydroxylation is 1. The van der Waals surface area contributed by atoms with Gasteiger partial charge in [-0.2, -0.15) is 0 Å². The maximum Gasteiger partial charge on any atom is 0.128 e. The molecule has 0 aliphatic rings. The van der Waals surface area contributed by atoms with Crippen molar-refractivity contribution in [1.29, 1.82) is 0 Å². The molecule has 0 amide bonds. The molecule has 1 aromatic carbocycles. The smallest absolute Gasteiger partial charge is 0.128 e. The predicted molar refractivity (Wildman–Crippen MR) is 80.0 cm³/mol. The summed E-state index contributed by atoms with van der Waals surface area (Å²) in [4.78, 5) is 9.00. The van der Waals surface area contributed by atoms with Crippen LogP contribution in [0, 0.1) is 6.92 Å². The van der Waals surface area contributed by atoms with Crippen LogP contribution in [0.3, 0.4) is 0 Å². The van der Waals surface area contributed by atoms with Gasteiger partial charge in [-0.05, 0) is 31.5 Å². The number of hydrogen-bond donors (Lipinski definition) is 0. The fourth-order valence-corrected chi connectivity index (χ4v) is 2.97. The third-order valence-electron chi connectivity index (χ3n) is 3.07. The van der Waals surface area contributed by atoms with Gasteiger partial charge in [-0.1, -0.05) is 6.07 Å². The molecule has 0 spiro atoms. The Bertz CT molecular complexity index is 701. The van der Waals surface area contributed by atoms with Gasteiger partial charge in [0.25, 0.3) is 0 Å². The Labute approximate surface area is 120 Å². The largest absolute Gasteiger partial charge is 0.320 e. The van der Waals surface area contributed by atoms with Crippen molar-refractivity contribution in [1.82, 2.24) is 14.5 Å². The lowest BCUT2D eigenvalue weighted by Crippen LogP contribution is -2.05. The zero-order valence-electron chi connectivity index (χ0n) is 10.8. The van der Waals surface area contributed by atoms with Crippen LogP contribution < -0.4 is 0 Å². The Morgan fingerprint density at radius 1 is 1.42 bits per heavy atom. The molecule has 0 aliphatic heterocycles. The van der Waals surface area contributed by atoms with Crippen molar-refractivity contribution in [3.05, 3.63) is 46.2 Å². The second-order valence-electron chi connectivity index (χ2n) is 4.59. The molecule has 2 aromatic heterocycles. The van der Waals surface area contributed by atoms with Crippen LogP contribution in [0.15, 0.2) is 29.8 Å². The molecule has 1 atom stereocenters. The number of imidazole rings is 1. The van der Waals surface area contributed by atoms with Crippen LogP contribution in [-0.2, 0) is 6.54 Å². The molecule has 3 rings (SSSR count). The molecule has 0 fully saturated rings. The van der Waals surface area contributed by atoms with Crippen molar-refractivity contribution in [2.75, 3.05) is 0 Å². The first-order chi connectivity index (χ1) is 9.15. The van der Waals surface area contributed by atoms with Gasteiger partial charge in [0.05, 0.1) is 23.0 Å². The van der Waals surface area contributed by atoms with E-state index in [1.165, 1.54) is 5.56 Å². The molecule has 5 heteroatoms. The SMILES string of the molecule is Cc1ccc2c(c1)nc(C(C)Cl)n2Cc1nccs1. The van der Waals surface area contributed by atoms with E-state index in [1.54, 1.807) is 11.3 Å². The minimum absolute atomic E-state index is 0.118. The van der Waals surface area contributed by atoms with Crippen molar-refractivity contribution in [2.24, 2.45) is 0 Å². The Kier molecular flexibility index (Phi) is 3.29. The van der Waals surface area contributed by atoms with Crippen LogP contribution in [0.5, 0.6) is 0 Å². The van der Waals surface area contributed by atoms with E-state index < -0.39 is 0 Å². The molecule has 0 saturated heterocycles. The zero-order valence-corrected chi connectivity index (χ0v) is 12.4. The summed E-state index contributed by atoms with van der Waals surface area (Å²) < 4.78 is 2.16. The van der Waals surface area contributed by atoms with E-state index in [0.717, 1.165) is 28.4 Å². The fourth-order valence-electron chi connectivity index (χ4n) is 2.19. The van der Waals surface area contributed by atoms with Gasteiger partial charge in [0, 0.05) is 11.6 Å². The lowest BCUT2D eigenvalue weighted by molar-refractivity contribution is 0.738. The van der Waals surface area contributed by atoms with Gasteiger partial charge >= 0.3 is 0 Å². The number of benzene rings is 1. The van der Waals surface area contributed by atoms with Crippen LogP contribution in [0.25, 0.3) is 11.0 Å².